The standard InChI is InChI=1S/C12H28N2/c1-7-8-13-9-11(2)14(6)10-12(3,4)5/h11,13H,7-10H2,1-6H3. The van der Waals surface area contributed by atoms with Gasteiger partial charge in [0, 0.05) is 19.1 Å². The molecule has 0 rings (SSSR count). The first-order chi connectivity index (χ1) is 6.37. The van der Waals surface area contributed by atoms with Crippen LogP contribution in [0.5, 0.6) is 0 Å². The summed E-state index contributed by atoms with van der Waals surface area (Å²) in [6.07, 6.45) is 1.22. The molecule has 0 aromatic heterocycles. The van der Waals surface area contributed by atoms with Crippen molar-refractivity contribution in [3.63, 3.8) is 0 Å². The second-order valence-electron chi connectivity index (χ2n) is 5.53. The highest BCUT2D eigenvalue weighted by Gasteiger charge is 2.16. The summed E-state index contributed by atoms with van der Waals surface area (Å²) < 4.78 is 0. The molecular formula is C12H28N2. The Morgan fingerprint density at radius 3 is 2.29 bits per heavy atom. The van der Waals surface area contributed by atoms with E-state index in [0.717, 1.165) is 19.6 Å². The number of rotatable bonds is 6. The molecular weight excluding hydrogens is 172 g/mol. The molecule has 2 heteroatoms. The summed E-state index contributed by atoms with van der Waals surface area (Å²) in [4.78, 5) is 2.43. The predicted octanol–water partition coefficient (Wildman–Crippen LogP) is 2.35. The Labute approximate surface area is 90.1 Å². The van der Waals surface area contributed by atoms with Crippen molar-refractivity contribution in [2.75, 3.05) is 26.7 Å². The van der Waals surface area contributed by atoms with E-state index in [4.69, 9.17) is 0 Å². The van der Waals surface area contributed by atoms with Gasteiger partial charge in [0.2, 0.25) is 0 Å². The zero-order chi connectivity index (χ0) is 11.2. The molecule has 0 spiro atoms. The molecule has 1 N–H and O–H groups in total. The number of hydrogen-bond acceptors (Lipinski definition) is 2. The van der Waals surface area contributed by atoms with Gasteiger partial charge in [-0.25, -0.2) is 0 Å². The van der Waals surface area contributed by atoms with Crippen LogP contribution in [0.3, 0.4) is 0 Å². The molecule has 1 unspecified atom stereocenters. The third-order valence-electron chi connectivity index (χ3n) is 2.34. The van der Waals surface area contributed by atoms with Gasteiger partial charge in [-0.05, 0) is 32.4 Å². The molecule has 0 aliphatic heterocycles. The first-order valence-electron chi connectivity index (χ1n) is 5.78. The minimum absolute atomic E-state index is 0.397. The summed E-state index contributed by atoms with van der Waals surface area (Å²) in [6, 6.07) is 0.626. The molecule has 0 radical (unpaired) electrons. The Balaban J connectivity index is 3.70. The lowest BCUT2D eigenvalue weighted by molar-refractivity contribution is 0.178. The van der Waals surface area contributed by atoms with Crippen LogP contribution >= 0.6 is 0 Å². The van der Waals surface area contributed by atoms with Gasteiger partial charge >= 0.3 is 0 Å². The van der Waals surface area contributed by atoms with E-state index in [1.807, 2.05) is 0 Å². The van der Waals surface area contributed by atoms with E-state index in [2.05, 4.69) is 51.9 Å². The maximum absolute atomic E-state index is 3.46. The largest absolute Gasteiger partial charge is 0.315 e. The summed E-state index contributed by atoms with van der Waals surface area (Å²) in [5, 5.41) is 3.46. The van der Waals surface area contributed by atoms with Gasteiger partial charge in [0.1, 0.15) is 0 Å². The molecule has 0 saturated heterocycles. The lowest BCUT2D eigenvalue weighted by atomic mass is 9.96. The smallest absolute Gasteiger partial charge is 0.0189 e. The Morgan fingerprint density at radius 2 is 1.86 bits per heavy atom. The third kappa shape index (κ3) is 7.34. The molecule has 0 aliphatic rings. The molecule has 0 aromatic rings. The average molecular weight is 200 g/mol. The van der Waals surface area contributed by atoms with E-state index < -0.39 is 0 Å². The minimum Gasteiger partial charge on any atom is -0.315 e. The second kappa shape index (κ2) is 6.41. The zero-order valence-electron chi connectivity index (χ0n) is 10.9. The quantitative estimate of drug-likeness (QED) is 0.662. The van der Waals surface area contributed by atoms with Crippen molar-refractivity contribution < 1.29 is 0 Å². The Hall–Kier alpha value is -0.0800. The van der Waals surface area contributed by atoms with Crippen LogP contribution in [0, 0.1) is 5.41 Å². The fraction of sp³-hybridized carbons (Fsp3) is 1.00. The summed E-state index contributed by atoms with van der Waals surface area (Å²) in [5.74, 6) is 0. The monoisotopic (exact) mass is 200 g/mol. The number of hydrogen-bond donors (Lipinski definition) is 1. The highest BCUT2D eigenvalue weighted by atomic mass is 15.1. The third-order valence-corrected chi connectivity index (χ3v) is 2.34. The molecule has 0 saturated carbocycles. The molecule has 0 heterocycles. The summed E-state index contributed by atoms with van der Waals surface area (Å²) >= 11 is 0. The van der Waals surface area contributed by atoms with Crippen molar-refractivity contribution in [1.29, 1.82) is 0 Å². The highest BCUT2D eigenvalue weighted by molar-refractivity contribution is 4.72. The van der Waals surface area contributed by atoms with Crippen LogP contribution in [-0.2, 0) is 0 Å². The molecule has 0 bridgehead atoms. The molecule has 2 nitrogen and oxygen atoms in total. The molecule has 0 fully saturated rings. The van der Waals surface area contributed by atoms with E-state index in [0.29, 0.717) is 11.5 Å². The molecule has 86 valence electrons. The highest BCUT2D eigenvalue weighted by Crippen LogP contribution is 2.15. The summed E-state index contributed by atoms with van der Waals surface area (Å²) in [6.45, 7) is 14.7. The second-order valence-corrected chi connectivity index (χ2v) is 5.53. The van der Waals surface area contributed by atoms with Gasteiger partial charge in [-0.15, -0.1) is 0 Å². The van der Waals surface area contributed by atoms with Crippen molar-refractivity contribution in [2.24, 2.45) is 5.41 Å². The van der Waals surface area contributed by atoms with E-state index in [1.165, 1.54) is 6.42 Å². The van der Waals surface area contributed by atoms with E-state index in [-0.39, 0.29) is 0 Å². The lowest BCUT2D eigenvalue weighted by Gasteiger charge is -2.31. The van der Waals surface area contributed by atoms with Crippen molar-refractivity contribution >= 4 is 0 Å². The summed E-state index contributed by atoms with van der Waals surface area (Å²) in [7, 11) is 2.21. The van der Waals surface area contributed by atoms with Gasteiger partial charge in [0.05, 0.1) is 0 Å². The van der Waals surface area contributed by atoms with Crippen LogP contribution in [0.4, 0.5) is 0 Å². The van der Waals surface area contributed by atoms with Gasteiger partial charge in [0.15, 0.2) is 0 Å². The van der Waals surface area contributed by atoms with Crippen LogP contribution in [0.15, 0.2) is 0 Å². The first kappa shape index (κ1) is 13.9. The van der Waals surface area contributed by atoms with Crippen LogP contribution in [-0.4, -0.2) is 37.6 Å². The van der Waals surface area contributed by atoms with E-state index in [1.54, 1.807) is 0 Å². The Morgan fingerprint density at radius 1 is 1.29 bits per heavy atom. The normalized spacial score (nSPS) is 14.8. The molecule has 0 aliphatic carbocycles. The Kier molecular flexibility index (Phi) is 6.38. The van der Waals surface area contributed by atoms with E-state index in [9.17, 15) is 0 Å². The lowest BCUT2D eigenvalue weighted by Crippen LogP contribution is -2.41. The molecule has 0 amide bonds. The predicted molar refractivity (Wildman–Crippen MR) is 64.7 cm³/mol. The SMILES string of the molecule is CCCNCC(C)N(C)CC(C)(C)C. The van der Waals surface area contributed by atoms with E-state index >= 15 is 0 Å². The van der Waals surface area contributed by atoms with Crippen molar-refractivity contribution in [3.8, 4) is 0 Å². The van der Waals surface area contributed by atoms with Gasteiger partial charge in [-0.2, -0.15) is 0 Å². The number of likely N-dealkylation sites (N-methyl/N-ethyl adjacent to an activating group) is 1. The van der Waals surface area contributed by atoms with Gasteiger partial charge < -0.3 is 10.2 Å². The van der Waals surface area contributed by atoms with Crippen LogP contribution in [0.25, 0.3) is 0 Å². The van der Waals surface area contributed by atoms with Crippen molar-refractivity contribution in [2.45, 2.75) is 47.1 Å². The molecule has 1 atom stereocenters. The zero-order valence-corrected chi connectivity index (χ0v) is 10.9. The summed E-state index contributed by atoms with van der Waals surface area (Å²) in [5.41, 5.74) is 0.397. The van der Waals surface area contributed by atoms with Crippen molar-refractivity contribution in [3.05, 3.63) is 0 Å². The molecule has 0 aromatic carbocycles. The van der Waals surface area contributed by atoms with Gasteiger partial charge in [-0.1, -0.05) is 27.7 Å². The Bertz CT molecular complexity index is 138. The topological polar surface area (TPSA) is 15.3 Å². The van der Waals surface area contributed by atoms with Crippen LogP contribution in [0.1, 0.15) is 41.0 Å². The van der Waals surface area contributed by atoms with Gasteiger partial charge in [0.25, 0.3) is 0 Å². The fourth-order valence-corrected chi connectivity index (χ4v) is 1.55. The minimum atomic E-state index is 0.397. The maximum atomic E-state index is 3.46. The fourth-order valence-electron chi connectivity index (χ4n) is 1.55. The van der Waals surface area contributed by atoms with Crippen LogP contribution in [0.2, 0.25) is 0 Å². The maximum Gasteiger partial charge on any atom is 0.0189 e. The number of nitrogens with zero attached hydrogens (tertiary/aromatic N) is 1. The van der Waals surface area contributed by atoms with Crippen molar-refractivity contribution in [1.82, 2.24) is 10.2 Å². The average Bonchev–Trinajstić information content (AvgIpc) is 2.01. The number of nitrogens with one attached hydrogen (secondary N) is 1. The first-order valence-corrected chi connectivity index (χ1v) is 5.78. The van der Waals surface area contributed by atoms with Crippen LogP contribution < -0.4 is 5.32 Å². The van der Waals surface area contributed by atoms with Gasteiger partial charge in [-0.3, -0.25) is 0 Å². The molecule has 14 heavy (non-hydrogen) atoms.